The Bertz CT molecular complexity index is 925. The summed E-state index contributed by atoms with van der Waals surface area (Å²) in [7, 11) is -14.1. The van der Waals surface area contributed by atoms with Crippen LogP contribution in [0.3, 0.4) is 0 Å². The van der Waals surface area contributed by atoms with Crippen molar-refractivity contribution in [1.82, 2.24) is 0 Å². The molecular formula is C9H2F6N4O5S2-2. The van der Waals surface area contributed by atoms with Crippen molar-refractivity contribution in [3.05, 3.63) is 28.3 Å². The van der Waals surface area contributed by atoms with Crippen molar-refractivity contribution >= 4 is 25.8 Å². The molecule has 17 heteroatoms. The van der Waals surface area contributed by atoms with E-state index in [4.69, 9.17) is 18.4 Å². The fraction of sp³-hybridized carbons (Fsp3) is 0.444. The van der Waals surface area contributed by atoms with Crippen LogP contribution in [-0.2, 0) is 19.9 Å². The van der Waals surface area contributed by atoms with Gasteiger partial charge in [0.2, 0.25) is 0 Å². The Kier molecular flexibility index (Phi) is 6.17. The summed E-state index contributed by atoms with van der Waals surface area (Å²) in [6.45, 7) is 12.3. The van der Waals surface area contributed by atoms with Crippen molar-refractivity contribution in [2.75, 3.05) is 0 Å². The molecule has 0 aromatic heterocycles. The van der Waals surface area contributed by atoms with Crippen LogP contribution in [0.25, 0.3) is 9.69 Å². The maximum Gasteiger partial charge on any atom is 0.434 e. The van der Waals surface area contributed by atoms with Crippen molar-refractivity contribution in [2.24, 2.45) is 4.40 Å². The Balaban J connectivity index is 6.57. The topological polar surface area (TPSA) is 136 Å². The second-order valence-corrected chi connectivity index (χ2v) is 7.44. The second-order valence-electron chi connectivity index (χ2n) is 3.91. The van der Waals surface area contributed by atoms with Gasteiger partial charge in [-0.2, -0.15) is 44.4 Å². The van der Waals surface area contributed by atoms with Gasteiger partial charge in [0.15, 0.2) is 0 Å². The first kappa shape index (κ1) is 23.3. The summed E-state index contributed by atoms with van der Waals surface area (Å²) < 4.78 is 127. The third-order valence-corrected chi connectivity index (χ3v) is 5.22. The van der Waals surface area contributed by atoms with Gasteiger partial charge in [-0.1, -0.05) is 0 Å². The molecule has 0 aliphatic carbocycles. The number of sulfonamides is 1. The number of hydrogen-bond acceptors (Lipinski definition) is 6. The van der Waals surface area contributed by atoms with E-state index in [1.165, 1.54) is 0 Å². The summed E-state index contributed by atoms with van der Waals surface area (Å²) in [6, 6.07) is 0.911. The van der Waals surface area contributed by atoms with Crippen LogP contribution in [0.2, 0.25) is 0 Å². The summed E-state index contributed by atoms with van der Waals surface area (Å²) in [4.78, 5) is 3.36. The molecule has 0 radical (unpaired) electrons. The normalized spacial score (nSPS) is 14.0. The van der Waals surface area contributed by atoms with Crippen LogP contribution in [0.1, 0.15) is 6.42 Å². The molecule has 9 nitrogen and oxygen atoms in total. The molecule has 0 aromatic carbocycles. The summed E-state index contributed by atoms with van der Waals surface area (Å²) in [5.41, 5.74) is -2.63. The number of nitriles is 1. The molecule has 144 valence electrons. The second kappa shape index (κ2) is 6.89. The van der Waals surface area contributed by atoms with E-state index >= 15 is 0 Å². The highest BCUT2D eigenvalue weighted by Crippen LogP contribution is 2.53. The third-order valence-electron chi connectivity index (χ3n) is 2.28. The van der Waals surface area contributed by atoms with Gasteiger partial charge < -0.3 is 14.8 Å². The van der Waals surface area contributed by atoms with Crippen LogP contribution < -0.4 is 5.11 Å². The third kappa shape index (κ3) is 3.33. The molecule has 0 unspecified atom stereocenters. The molecule has 0 spiro atoms. The number of halogens is 6. The number of hydrogen-bond donors (Lipinski definition) is 0. The van der Waals surface area contributed by atoms with Gasteiger partial charge in [-0.3, -0.25) is 13.1 Å². The van der Waals surface area contributed by atoms with E-state index < -0.39 is 54.1 Å². The molecule has 0 rings (SSSR count). The first-order valence-electron chi connectivity index (χ1n) is 5.35. The summed E-state index contributed by atoms with van der Waals surface area (Å²) in [5, 5.41) is 4.86. The fourth-order valence-electron chi connectivity index (χ4n) is 1.05. The monoisotopic (exact) mass is 424 g/mol. The van der Waals surface area contributed by atoms with E-state index in [9.17, 15) is 48.3 Å². The van der Waals surface area contributed by atoms with Crippen molar-refractivity contribution in [2.45, 2.75) is 22.9 Å². The van der Waals surface area contributed by atoms with Gasteiger partial charge in [0.05, 0.1) is 12.5 Å². The smallest absolute Gasteiger partial charge is 0.434 e. The van der Waals surface area contributed by atoms with Gasteiger partial charge in [0.1, 0.15) is 0 Å². The summed E-state index contributed by atoms with van der Waals surface area (Å²) in [5.74, 6) is -9.47. The summed E-state index contributed by atoms with van der Waals surface area (Å²) in [6.07, 6.45) is -1.50. The highest BCUT2D eigenvalue weighted by atomic mass is 32.2. The molecule has 0 aliphatic rings. The summed E-state index contributed by atoms with van der Waals surface area (Å²) >= 11 is 0. The number of rotatable bonds is 7. The van der Waals surface area contributed by atoms with Crippen LogP contribution >= 0.6 is 0 Å². The Labute approximate surface area is 141 Å². The predicted molar refractivity (Wildman–Crippen MR) is 66.8 cm³/mol. The van der Waals surface area contributed by atoms with E-state index in [0.29, 0.717) is 0 Å². The molecule has 0 amide bonds. The largest absolute Gasteiger partial charge is 0.860 e. The lowest BCUT2D eigenvalue weighted by Crippen LogP contribution is -2.60. The minimum absolute atomic E-state index is 0.911. The van der Waals surface area contributed by atoms with Crippen LogP contribution in [0.15, 0.2) is 4.40 Å². The Hall–Kier alpha value is -2.71. The van der Waals surface area contributed by atoms with E-state index in [2.05, 4.69) is 0 Å². The zero-order chi connectivity index (χ0) is 21.2. The first-order chi connectivity index (χ1) is 11.5. The van der Waals surface area contributed by atoms with Gasteiger partial charge in [0.25, 0.3) is 9.84 Å². The van der Waals surface area contributed by atoms with E-state index in [1.807, 2.05) is 0 Å². The van der Waals surface area contributed by atoms with E-state index in [0.717, 1.165) is 6.07 Å². The maximum absolute atomic E-state index is 13.5. The van der Waals surface area contributed by atoms with Crippen LogP contribution in [0.5, 0.6) is 0 Å². The number of sulfone groups is 1. The molecule has 0 N–H and O–H groups in total. The van der Waals surface area contributed by atoms with Crippen molar-refractivity contribution in [3.8, 4) is 6.07 Å². The number of alkyl halides is 6. The van der Waals surface area contributed by atoms with Crippen molar-refractivity contribution in [1.29, 1.82) is 5.26 Å². The van der Waals surface area contributed by atoms with Crippen LogP contribution in [-0.4, -0.2) is 39.2 Å². The maximum atomic E-state index is 13.5. The molecule has 0 aliphatic heterocycles. The first-order valence-corrected chi connectivity index (χ1v) is 8.27. The van der Waals surface area contributed by atoms with Crippen molar-refractivity contribution in [3.63, 3.8) is 0 Å². The predicted octanol–water partition coefficient (Wildman–Crippen LogP) is 0.510. The lowest BCUT2D eigenvalue weighted by molar-refractivity contribution is -0.243. The highest BCUT2D eigenvalue weighted by molar-refractivity contribution is 7.95. The van der Waals surface area contributed by atoms with Gasteiger partial charge in [-0.15, -0.1) is 0 Å². The lowest BCUT2D eigenvalue weighted by atomic mass is 10.3. The molecule has 0 saturated carbocycles. The average molecular weight is 424 g/mol. The molecule has 0 saturated heterocycles. The average Bonchev–Trinajstić information content (AvgIpc) is 2.46. The van der Waals surface area contributed by atoms with E-state index in [-0.39, 0.29) is 0 Å². The minimum Gasteiger partial charge on any atom is -0.860 e. The standard InChI is InChI=1S/C9H3F6N4O5S2/c1-17-6(18-2)25(21,22)8(12,13)7(10,11)9(14,15)26(23,24)19-5(20)3-4-16/h3H2,(H,19,20)/q-1/p-1. The number of nitrogens with zero attached hydrogens (tertiary/aromatic N) is 4. The quantitative estimate of drug-likeness (QED) is 0.253. The Morgan fingerprint density at radius 2 is 1.50 bits per heavy atom. The Morgan fingerprint density at radius 3 is 1.85 bits per heavy atom. The molecule has 0 fully saturated rings. The minimum atomic E-state index is -7.26. The van der Waals surface area contributed by atoms with Gasteiger partial charge >= 0.3 is 32.0 Å². The molecule has 0 aromatic rings. The van der Waals surface area contributed by atoms with Gasteiger partial charge in [-0.25, -0.2) is 8.42 Å². The van der Waals surface area contributed by atoms with Crippen molar-refractivity contribution < 1.29 is 48.3 Å². The SMILES string of the molecule is [C-]#[N+][C-]([N+]#[C-])S(=O)(=O)C(F)(F)C(F)(F)C(F)(F)S(=O)(=O)N=C([O-])CC#N. The molecule has 26 heavy (non-hydrogen) atoms. The Morgan fingerprint density at radius 1 is 1.08 bits per heavy atom. The molecular weight excluding hydrogens is 422 g/mol. The van der Waals surface area contributed by atoms with Gasteiger partial charge in [0, 0.05) is 0 Å². The lowest BCUT2D eigenvalue weighted by Gasteiger charge is -2.31. The van der Waals surface area contributed by atoms with E-state index in [1.54, 1.807) is 14.1 Å². The molecule has 0 heterocycles. The molecule has 0 atom stereocenters. The molecule has 0 bridgehead atoms. The van der Waals surface area contributed by atoms with Gasteiger partial charge in [-0.05, 0) is 5.90 Å². The van der Waals surface area contributed by atoms with Crippen LogP contribution in [0, 0.1) is 30.0 Å². The van der Waals surface area contributed by atoms with Crippen LogP contribution in [0.4, 0.5) is 26.3 Å². The zero-order valence-electron chi connectivity index (χ0n) is 11.6. The zero-order valence-corrected chi connectivity index (χ0v) is 13.3. The fourth-order valence-corrected chi connectivity index (χ4v) is 2.95. The highest BCUT2D eigenvalue weighted by Gasteiger charge is 2.82.